The third-order valence-corrected chi connectivity index (χ3v) is 7.37. The molecule has 1 aliphatic heterocycles. The first-order valence-corrected chi connectivity index (χ1v) is 13.4. The fraction of sp³-hybridized carbons (Fsp3) is 0.548. The Hall–Kier alpha value is -3.13. The Kier molecular flexibility index (Phi) is 9.00. The van der Waals surface area contributed by atoms with Gasteiger partial charge in [-0.1, -0.05) is 71.9 Å². The quantitative estimate of drug-likeness (QED) is 0.427. The number of hydrogen-bond donors (Lipinski definition) is 2. The number of amides is 1. The van der Waals surface area contributed by atoms with E-state index in [9.17, 15) is 14.7 Å². The number of halogens is 1. The van der Waals surface area contributed by atoms with E-state index in [-0.39, 0.29) is 11.0 Å². The molecule has 2 N–H and O–H groups in total. The Morgan fingerprint density at radius 1 is 1.08 bits per heavy atom. The Labute approximate surface area is 231 Å². The zero-order chi connectivity index (χ0) is 29.3. The molecule has 4 atom stereocenters. The van der Waals surface area contributed by atoms with Crippen LogP contribution in [-0.4, -0.2) is 47.4 Å². The van der Waals surface area contributed by atoms with Crippen LogP contribution in [-0.2, 0) is 21.5 Å². The van der Waals surface area contributed by atoms with Gasteiger partial charge in [-0.3, -0.25) is 4.90 Å². The summed E-state index contributed by atoms with van der Waals surface area (Å²) >= 11 is 0. The highest BCUT2D eigenvalue weighted by Gasteiger charge is 2.59. The minimum Gasteiger partial charge on any atom is -0.496 e. The zero-order valence-electron chi connectivity index (χ0n) is 24.5. The zero-order valence-corrected chi connectivity index (χ0v) is 24.5. The van der Waals surface area contributed by atoms with Crippen LogP contribution in [0.4, 0.5) is 9.18 Å². The summed E-state index contributed by atoms with van der Waals surface area (Å²) < 4.78 is 26.5. The molecule has 0 saturated carbocycles. The van der Waals surface area contributed by atoms with Crippen molar-refractivity contribution in [3.8, 4) is 5.75 Å². The van der Waals surface area contributed by atoms with Gasteiger partial charge in [-0.05, 0) is 42.4 Å². The Bertz CT molecular complexity index is 1180. The third-order valence-electron chi connectivity index (χ3n) is 7.37. The smallest absolute Gasteiger partial charge is 0.411 e. The number of carbonyl (C=O) groups is 2. The lowest BCUT2D eigenvalue weighted by Gasteiger charge is -2.35. The van der Waals surface area contributed by atoms with E-state index in [0.29, 0.717) is 12.3 Å². The molecule has 1 saturated heterocycles. The number of nitrogens with one attached hydrogen (secondary N) is 1. The molecule has 1 aliphatic rings. The van der Waals surface area contributed by atoms with Crippen molar-refractivity contribution in [1.29, 1.82) is 0 Å². The van der Waals surface area contributed by atoms with Crippen molar-refractivity contribution >= 4 is 12.1 Å². The molecule has 7 nitrogen and oxygen atoms in total. The highest BCUT2D eigenvalue weighted by molar-refractivity contribution is 5.82. The number of rotatable bonds is 7. The van der Waals surface area contributed by atoms with E-state index < -0.39 is 53.4 Å². The molecule has 1 amide bonds. The molecule has 3 rings (SSSR count). The normalized spacial score (nSPS) is 21.8. The number of benzene rings is 2. The number of carboxylic acid groups (broad SMARTS) is 1. The highest BCUT2D eigenvalue weighted by atomic mass is 19.1. The van der Waals surface area contributed by atoms with Gasteiger partial charge < -0.3 is 19.9 Å². The number of likely N-dealkylation sites (tertiary alicyclic amines) is 1. The van der Waals surface area contributed by atoms with Gasteiger partial charge in [-0.15, -0.1) is 0 Å². The van der Waals surface area contributed by atoms with Gasteiger partial charge in [0.25, 0.3) is 0 Å². The van der Waals surface area contributed by atoms with Crippen LogP contribution in [0.3, 0.4) is 0 Å². The Morgan fingerprint density at radius 3 is 2.23 bits per heavy atom. The fourth-order valence-electron chi connectivity index (χ4n) is 5.59. The molecule has 1 fully saturated rings. The topological polar surface area (TPSA) is 88.1 Å². The summed E-state index contributed by atoms with van der Waals surface area (Å²) in [5.74, 6) is -1.55. The third kappa shape index (κ3) is 6.55. The Morgan fingerprint density at radius 2 is 1.72 bits per heavy atom. The fourth-order valence-corrected chi connectivity index (χ4v) is 5.59. The SMILES string of the molecule is COc1ccc(C(C)(C)C)cc1CN[C@H]1[C@H](C(C)(C)C)[C@@H](C(=O)O)N(C(=O)OC(C)C)[C@H]1c1ccccc1F. The molecule has 0 aliphatic carbocycles. The molecule has 2 aromatic rings. The van der Waals surface area contributed by atoms with Gasteiger partial charge in [0.2, 0.25) is 0 Å². The van der Waals surface area contributed by atoms with Gasteiger partial charge in [0.05, 0.1) is 19.3 Å². The van der Waals surface area contributed by atoms with Crippen molar-refractivity contribution in [2.24, 2.45) is 11.3 Å². The summed E-state index contributed by atoms with van der Waals surface area (Å²) in [6.07, 6.45) is -1.26. The maximum Gasteiger partial charge on any atom is 0.411 e. The molecule has 0 bridgehead atoms. The second-order valence-electron chi connectivity index (χ2n) is 12.7. The summed E-state index contributed by atoms with van der Waals surface area (Å²) in [5.41, 5.74) is 1.59. The number of methoxy groups -OCH3 is 1. The van der Waals surface area contributed by atoms with Gasteiger partial charge in [0.1, 0.15) is 17.6 Å². The molecule has 214 valence electrons. The van der Waals surface area contributed by atoms with Crippen molar-refractivity contribution in [2.75, 3.05) is 7.11 Å². The summed E-state index contributed by atoms with van der Waals surface area (Å²) in [5, 5.41) is 14.0. The number of aliphatic carboxylic acids is 1. The van der Waals surface area contributed by atoms with E-state index in [0.717, 1.165) is 11.1 Å². The second kappa shape index (κ2) is 11.5. The maximum absolute atomic E-state index is 15.4. The lowest BCUT2D eigenvalue weighted by Crippen LogP contribution is -2.48. The predicted octanol–water partition coefficient (Wildman–Crippen LogP) is 6.31. The highest BCUT2D eigenvalue weighted by Crippen LogP contribution is 2.49. The molecule has 0 spiro atoms. The summed E-state index contributed by atoms with van der Waals surface area (Å²) in [4.78, 5) is 27.5. The van der Waals surface area contributed by atoms with Gasteiger partial charge in [0.15, 0.2) is 0 Å². The molecule has 39 heavy (non-hydrogen) atoms. The summed E-state index contributed by atoms with van der Waals surface area (Å²) in [7, 11) is 1.61. The number of carbonyl (C=O) groups excluding carboxylic acids is 1. The van der Waals surface area contributed by atoms with Crippen LogP contribution in [0.5, 0.6) is 5.75 Å². The van der Waals surface area contributed by atoms with Crippen molar-refractivity contribution in [3.63, 3.8) is 0 Å². The van der Waals surface area contributed by atoms with Crippen LogP contribution in [0.1, 0.15) is 78.1 Å². The summed E-state index contributed by atoms with van der Waals surface area (Å²) in [6, 6.07) is 9.47. The molecule has 0 aromatic heterocycles. The molecule has 0 unspecified atom stereocenters. The van der Waals surface area contributed by atoms with Gasteiger partial charge in [-0.2, -0.15) is 0 Å². The van der Waals surface area contributed by atoms with Crippen LogP contribution in [0.25, 0.3) is 0 Å². The molecule has 0 radical (unpaired) electrons. The average molecular weight is 543 g/mol. The number of hydrogen-bond acceptors (Lipinski definition) is 5. The first-order valence-electron chi connectivity index (χ1n) is 13.4. The largest absolute Gasteiger partial charge is 0.496 e. The first-order chi connectivity index (χ1) is 18.1. The minimum absolute atomic E-state index is 0.0934. The van der Waals surface area contributed by atoms with Crippen molar-refractivity contribution in [3.05, 3.63) is 65.0 Å². The lowest BCUT2D eigenvalue weighted by atomic mass is 9.72. The summed E-state index contributed by atoms with van der Waals surface area (Å²) in [6.45, 7) is 15.9. The van der Waals surface area contributed by atoms with Crippen LogP contribution in [0.2, 0.25) is 0 Å². The van der Waals surface area contributed by atoms with E-state index in [2.05, 4.69) is 32.2 Å². The van der Waals surface area contributed by atoms with Crippen molar-refractivity contribution in [1.82, 2.24) is 10.2 Å². The number of ether oxygens (including phenoxy) is 2. The van der Waals surface area contributed by atoms with E-state index in [1.807, 2.05) is 32.9 Å². The molecule has 8 heteroatoms. The van der Waals surface area contributed by atoms with E-state index >= 15 is 4.39 Å². The van der Waals surface area contributed by atoms with E-state index in [1.54, 1.807) is 39.2 Å². The van der Waals surface area contributed by atoms with Gasteiger partial charge in [0, 0.05) is 29.6 Å². The molecule has 1 heterocycles. The van der Waals surface area contributed by atoms with Crippen LogP contribution in [0, 0.1) is 17.2 Å². The average Bonchev–Trinajstić information content (AvgIpc) is 3.17. The molecular weight excluding hydrogens is 499 g/mol. The molecule has 2 aromatic carbocycles. The maximum atomic E-state index is 15.4. The van der Waals surface area contributed by atoms with Crippen LogP contribution < -0.4 is 10.1 Å². The van der Waals surface area contributed by atoms with Crippen LogP contribution >= 0.6 is 0 Å². The number of nitrogens with zero attached hydrogens (tertiary/aromatic N) is 1. The standard InChI is InChI=1S/C31H43FN2O5/c1-18(2)39-29(37)34-26(21-12-10-11-13-22(21)32)25(24(31(6,7)8)27(34)28(35)36)33-17-19-16-20(30(3,4)5)14-15-23(19)38-9/h10-16,18,24-27,33H,17H2,1-9H3,(H,35,36)/t24-,25-,26-,27-/m0/s1. The monoisotopic (exact) mass is 542 g/mol. The van der Waals surface area contributed by atoms with Gasteiger partial charge in [-0.25, -0.2) is 14.0 Å². The first kappa shape index (κ1) is 30.4. The van der Waals surface area contributed by atoms with Crippen molar-refractivity contribution < 1.29 is 28.6 Å². The number of carboxylic acids is 1. The minimum atomic E-state index is -1.24. The van der Waals surface area contributed by atoms with Crippen molar-refractivity contribution in [2.45, 2.75) is 91.6 Å². The van der Waals surface area contributed by atoms with E-state index in [1.165, 1.54) is 11.0 Å². The second-order valence-corrected chi connectivity index (χ2v) is 12.7. The Balaban J connectivity index is 2.18. The van der Waals surface area contributed by atoms with Gasteiger partial charge >= 0.3 is 12.1 Å². The van der Waals surface area contributed by atoms with E-state index in [4.69, 9.17) is 9.47 Å². The predicted molar refractivity (Wildman–Crippen MR) is 149 cm³/mol. The van der Waals surface area contributed by atoms with Crippen LogP contribution in [0.15, 0.2) is 42.5 Å². The molecular formula is C31H43FN2O5. The lowest BCUT2D eigenvalue weighted by molar-refractivity contribution is -0.144.